The van der Waals surface area contributed by atoms with Gasteiger partial charge < -0.3 is 0 Å². The van der Waals surface area contributed by atoms with Crippen molar-refractivity contribution >= 4 is 10.9 Å². The lowest BCUT2D eigenvalue weighted by atomic mass is 10.3. The van der Waals surface area contributed by atoms with Crippen LogP contribution in [0.4, 0.5) is 8.78 Å². The Morgan fingerprint density at radius 3 is 2.92 bits per heavy atom. The van der Waals surface area contributed by atoms with Gasteiger partial charge in [-0.1, -0.05) is 0 Å². The summed E-state index contributed by atoms with van der Waals surface area (Å²) in [6.07, 6.45) is 4.42. The van der Waals surface area contributed by atoms with Crippen molar-refractivity contribution < 1.29 is 8.78 Å². The number of alkyl halides is 2. The summed E-state index contributed by atoms with van der Waals surface area (Å²) >= 11 is 0. The summed E-state index contributed by atoms with van der Waals surface area (Å²) in [5.74, 6) is 0. The molecule has 0 N–H and O–H groups in total. The van der Waals surface area contributed by atoms with Crippen molar-refractivity contribution in [1.29, 1.82) is 0 Å². The molecule has 12 heavy (non-hydrogen) atoms. The van der Waals surface area contributed by atoms with E-state index in [2.05, 4.69) is 4.98 Å². The van der Waals surface area contributed by atoms with E-state index >= 15 is 0 Å². The standard InChI is InChI=1S/C8H6F2N2/c9-8(10)12-4-2-6-5-11-3-1-7(6)12/h1-5,8H. The molecular formula is C8H6F2N2. The third kappa shape index (κ3) is 0.958. The predicted molar refractivity (Wildman–Crippen MR) is 41.0 cm³/mol. The highest BCUT2D eigenvalue weighted by Crippen LogP contribution is 2.20. The molecule has 0 unspecified atom stereocenters. The molecule has 0 spiro atoms. The Bertz CT molecular complexity index is 395. The van der Waals surface area contributed by atoms with Crippen LogP contribution >= 0.6 is 0 Å². The Morgan fingerprint density at radius 1 is 1.33 bits per heavy atom. The van der Waals surface area contributed by atoms with Gasteiger partial charge in [0.05, 0.1) is 5.52 Å². The van der Waals surface area contributed by atoms with Crippen molar-refractivity contribution in [3.05, 3.63) is 30.7 Å². The van der Waals surface area contributed by atoms with Gasteiger partial charge >= 0.3 is 6.55 Å². The SMILES string of the molecule is FC(F)n1ccc2cnccc21. The van der Waals surface area contributed by atoms with Crippen LogP contribution in [0.25, 0.3) is 10.9 Å². The van der Waals surface area contributed by atoms with Gasteiger partial charge in [0.15, 0.2) is 0 Å². The highest BCUT2D eigenvalue weighted by molar-refractivity contribution is 5.78. The fourth-order valence-corrected chi connectivity index (χ4v) is 1.17. The Hall–Kier alpha value is -1.45. The Balaban J connectivity index is 2.70. The average Bonchev–Trinajstić information content (AvgIpc) is 2.47. The van der Waals surface area contributed by atoms with Crippen LogP contribution in [0.2, 0.25) is 0 Å². The number of halogens is 2. The zero-order chi connectivity index (χ0) is 8.55. The van der Waals surface area contributed by atoms with Gasteiger partial charge in [-0.3, -0.25) is 9.55 Å². The van der Waals surface area contributed by atoms with E-state index in [1.807, 2.05) is 0 Å². The van der Waals surface area contributed by atoms with E-state index in [0.29, 0.717) is 5.52 Å². The summed E-state index contributed by atoms with van der Waals surface area (Å²) in [4.78, 5) is 3.83. The van der Waals surface area contributed by atoms with Crippen LogP contribution in [0.1, 0.15) is 6.55 Å². The number of aromatic nitrogens is 2. The van der Waals surface area contributed by atoms with Crippen LogP contribution in [0.15, 0.2) is 30.7 Å². The number of hydrogen-bond acceptors (Lipinski definition) is 1. The summed E-state index contributed by atoms with van der Waals surface area (Å²) in [6, 6.07) is 3.19. The first kappa shape index (κ1) is 7.21. The van der Waals surface area contributed by atoms with Crippen molar-refractivity contribution in [3.63, 3.8) is 0 Å². The molecular weight excluding hydrogens is 162 g/mol. The Kier molecular flexibility index (Phi) is 1.53. The van der Waals surface area contributed by atoms with E-state index in [1.165, 1.54) is 12.4 Å². The van der Waals surface area contributed by atoms with Crippen LogP contribution in [0.3, 0.4) is 0 Å². The molecule has 0 aromatic carbocycles. The molecule has 0 aliphatic heterocycles. The summed E-state index contributed by atoms with van der Waals surface area (Å²) in [5.41, 5.74) is 0.514. The maximum atomic E-state index is 12.3. The quantitative estimate of drug-likeness (QED) is 0.639. The first-order valence-corrected chi connectivity index (χ1v) is 3.48. The molecule has 0 bridgehead atoms. The third-order valence-corrected chi connectivity index (χ3v) is 1.73. The van der Waals surface area contributed by atoms with Gasteiger partial charge in [-0.25, -0.2) is 0 Å². The van der Waals surface area contributed by atoms with Crippen LogP contribution in [-0.4, -0.2) is 9.55 Å². The molecule has 0 amide bonds. The molecule has 2 rings (SSSR count). The first-order valence-electron chi connectivity index (χ1n) is 3.48. The molecule has 0 radical (unpaired) electrons. The molecule has 0 aliphatic rings. The predicted octanol–water partition coefficient (Wildman–Crippen LogP) is 2.43. The van der Waals surface area contributed by atoms with Crippen LogP contribution < -0.4 is 0 Å². The molecule has 2 aromatic rings. The molecule has 62 valence electrons. The number of nitrogens with zero attached hydrogens (tertiary/aromatic N) is 2. The van der Waals surface area contributed by atoms with Gasteiger partial charge in [-0.2, -0.15) is 8.78 Å². The van der Waals surface area contributed by atoms with Gasteiger partial charge in [0.25, 0.3) is 0 Å². The van der Waals surface area contributed by atoms with Crippen molar-refractivity contribution in [2.75, 3.05) is 0 Å². The van der Waals surface area contributed by atoms with Crippen molar-refractivity contribution in [3.8, 4) is 0 Å². The van der Waals surface area contributed by atoms with E-state index in [4.69, 9.17) is 0 Å². The third-order valence-electron chi connectivity index (χ3n) is 1.73. The van der Waals surface area contributed by atoms with Crippen LogP contribution in [-0.2, 0) is 0 Å². The minimum atomic E-state index is -2.48. The largest absolute Gasteiger partial charge is 0.319 e. The van der Waals surface area contributed by atoms with E-state index in [9.17, 15) is 8.78 Å². The molecule has 0 atom stereocenters. The van der Waals surface area contributed by atoms with E-state index < -0.39 is 6.55 Å². The van der Waals surface area contributed by atoms with Crippen LogP contribution in [0, 0.1) is 0 Å². The zero-order valence-corrected chi connectivity index (χ0v) is 6.11. The van der Waals surface area contributed by atoms with Crippen molar-refractivity contribution in [1.82, 2.24) is 9.55 Å². The fraction of sp³-hybridized carbons (Fsp3) is 0.125. The van der Waals surface area contributed by atoms with Gasteiger partial charge in [0.1, 0.15) is 0 Å². The second-order valence-electron chi connectivity index (χ2n) is 2.44. The summed E-state index contributed by atoms with van der Waals surface area (Å²) in [6.45, 7) is -2.48. The Morgan fingerprint density at radius 2 is 2.17 bits per heavy atom. The van der Waals surface area contributed by atoms with Gasteiger partial charge in [0.2, 0.25) is 0 Å². The highest BCUT2D eigenvalue weighted by Gasteiger charge is 2.07. The van der Waals surface area contributed by atoms with Crippen molar-refractivity contribution in [2.45, 2.75) is 6.55 Å². The second kappa shape index (κ2) is 2.55. The lowest BCUT2D eigenvalue weighted by molar-refractivity contribution is 0.0752. The molecule has 2 heterocycles. The summed E-state index contributed by atoms with van der Waals surface area (Å²) in [5, 5.41) is 0.734. The molecule has 0 saturated carbocycles. The summed E-state index contributed by atoms with van der Waals surface area (Å²) < 4.78 is 25.5. The topological polar surface area (TPSA) is 17.8 Å². The molecule has 0 saturated heterocycles. The molecule has 2 aromatic heterocycles. The highest BCUT2D eigenvalue weighted by atomic mass is 19.3. The number of pyridine rings is 1. The average molecular weight is 168 g/mol. The molecule has 4 heteroatoms. The lowest BCUT2D eigenvalue weighted by Crippen LogP contribution is -1.94. The maximum Gasteiger partial charge on any atom is 0.319 e. The van der Waals surface area contributed by atoms with Crippen molar-refractivity contribution in [2.24, 2.45) is 0 Å². The zero-order valence-electron chi connectivity index (χ0n) is 6.11. The maximum absolute atomic E-state index is 12.3. The normalized spacial score (nSPS) is 11.2. The molecule has 0 fully saturated rings. The Labute approximate surface area is 67.4 Å². The number of fused-ring (bicyclic) bond motifs is 1. The monoisotopic (exact) mass is 168 g/mol. The van der Waals surface area contributed by atoms with Gasteiger partial charge in [-0.15, -0.1) is 0 Å². The molecule has 0 aliphatic carbocycles. The minimum Gasteiger partial charge on any atom is -0.291 e. The summed E-state index contributed by atoms with van der Waals surface area (Å²) in [7, 11) is 0. The number of rotatable bonds is 1. The minimum absolute atomic E-state index is 0.514. The number of hydrogen-bond donors (Lipinski definition) is 0. The second-order valence-corrected chi connectivity index (χ2v) is 2.44. The van der Waals surface area contributed by atoms with E-state index in [0.717, 1.165) is 9.95 Å². The lowest BCUT2D eigenvalue weighted by Gasteiger charge is -2.01. The smallest absolute Gasteiger partial charge is 0.291 e. The fourth-order valence-electron chi connectivity index (χ4n) is 1.17. The van der Waals surface area contributed by atoms with Gasteiger partial charge in [0, 0.05) is 24.0 Å². The van der Waals surface area contributed by atoms with E-state index in [1.54, 1.807) is 18.3 Å². The van der Waals surface area contributed by atoms with Crippen LogP contribution in [0.5, 0.6) is 0 Å². The molecule has 2 nitrogen and oxygen atoms in total. The van der Waals surface area contributed by atoms with Gasteiger partial charge in [-0.05, 0) is 12.1 Å². The van der Waals surface area contributed by atoms with E-state index in [-0.39, 0.29) is 0 Å². The first-order chi connectivity index (χ1) is 5.79.